The second kappa shape index (κ2) is 6.63. The van der Waals surface area contributed by atoms with Crippen molar-refractivity contribution in [3.05, 3.63) is 35.9 Å². The largest absolute Gasteiger partial charge is 0.127 e. The summed E-state index contributed by atoms with van der Waals surface area (Å²) in [7, 11) is 0. The molecular weight excluding hydrogens is 144 g/mol. The van der Waals surface area contributed by atoms with Crippen LogP contribution < -0.4 is 0 Å². The van der Waals surface area contributed by atoms with Crippen molar-refractivity contribution in [1.82, 2.24) is 0 Å². The Kier molecular flexibility index (Phi) is 6.30. The van der Waals surface area contributed by atoms with Crippen LogP contribution >= 0.6 is 11.6 Å². The molecule has 0 aromatic heterocycles. The van der Waals surface area contributed by atoms with Crippen molar-refractivity contribution in [2.45, 2.75) is 13.8 Å². The van der Waals surface area contributed by atoms with Gasteiger partial charge in [0.15, 0.2) is 0 Å². The van der Waals surface area contributed by atoms with Gasteiger partial charge in [0.1, 0.15) is 0 Å². The first-order valence-electron chi connectivity index (χ1n) is 3.39. The molecule has 0 aliphatic rings. The molecule has 0 aliphatic carbocycles. The van der Waals surface area contributed by atoms with Gasteiger partial charge in [0.2, 0.25) is 0 Å². The zero-order valence-corrected chi connectivity index (χ0v) is 7.23. The molecule has 0 unspecified atom stereocenters. The zero-order chi connectivity index (χ0) is 7.82. The molecule has 0 amide bonds. The van der Waals surface area contributed by atoms with Crippen LogP contribution in [0.4, 0.5) is 0 Å². The molecule has 0 bridgehead atoms. The van der Waals surface area contributed by atoms with Gasteiger partial charge in [-0.2, -0.15) is 0 Å². The first kappa shape index (κ1) is 9.51. The van der Waals surface area contributed by atoms with Gasteiger partial charge < -0.3 is 0 Å². The minimum absolute atomic E-state index is 0.722. The van der Waals surface area contributed by atoms with Crippen LogP contribution in [0.3, 0.4) is 0 Å². The average Bonchev–Trinajstić information content (AvgIpc) is 1.91. The maximum absolute atomic E-state index is 5.00. The lowest BCUT2D eigenvalue weighted by molar-refractivity contribution is 1.48. The van der Waals surface area contributed by atoms with Gasteiger partial charge >= 0.3 is 0 Å². The average molecular weight is 157 g/mol. The fourth-order valence-corrected chi connectivity index (χ4v) is 0.534. The van der Waals surface area contributed by atoms with Crippen LogP contribution in [0.5, 0.6) is 0 Å². The zero-order valence-electron chi connectivity index (χ0n) is 6.47. The third-order valence-corrected chi connectivity index (χ3v) is 0.940. The van der Waals surface area contributed by atoms with Crippen LogP contribution in [-0.4, -0.2) is 5.88 Å². The summed E-state index contributed by atoms with van der Waals surface area (Å²) in [5.74, 6) is 0.722. The number of hydrogen-bond acceptors (Lipinski definition) is 0. The highest BCUT2D eigenvalue weighted by atomic mass is 35.5. The van der Waals surface area contributed by atoms with Gasteiger partial charge in [-0.3, -0.25) is 0 Å². The predicted molar refractivity (Wildman–Crippen MR) is 47.6 cm³/mol. The van der Waals surface area contributed by atoms with Crippen LogP contribution in [0.1, 0.15) is 12.5 Å². The Morgan fingerprint density at radius 1 is 1.20 bits per heavy atom. The van der Waals surface area contributed by atoms with Gasteiger partial charge in [-0.15, -0.1) is 11.6 Å². The van der Waals surface area contributed by atoms with Crippen molar-refractivity contribution >= 4 is 11.6 Å². The van der Waals surface area contributed by atoms with Crippen molar-refractivity contribution < 1.29 is 0 Å². The Labute approximate surface area is 67.8 Å². The number of hydrogen-bond donors (Lipinski definition) is 0. The highest BCUT2D eigenvalue weighted by Gasteiger charge is 1.72. The summed E-state index contributed by atoms with van der Waals surface area (Å²) < 4.78 is 0. The normalized spacial score (nSPS) is 7.90. The van der Waals surface area contributed by atoms with E-state index in [9.17, 15) is 0 Å². The molecule has 0 nitrogen and oxygen atoms in total. The minimum atomic E-state index is 0.722. The van der Waals surface area contributed by atoms with E-state index < -0.39 is 0 Å². The SMILES string of the molecule is CCCl.Cc1ccccc1. The molecule has 0 spiro atoms. The lowest BCUT2D eigenvalue weighted by atomic mass is 10.2. The molecule has 1 heteroatoms. The van der Waals surface area contributed by atoms with E-state index >= 15 is 0 Å². The standard InChI is InChI=1S/C7H8.C2H5Cl/c1-7-5-3-2-4-6-7;1-2-3/h2-6H,1H3;2H2,1H3. The summed E-state index contributed by atoms with van der Waals surface area (Å²) in [5.41, 5.74) is 1.32. The van der Waals surface area contributed by atoms with Crippen molar-refractivity contribution in [2.75, 3.05) is 5.88 Å². The fraction of sp³-hybridized carbons (Fsp3) is 0.333. The Morgan fingerprint density at radius 2 is 1.60 bits per heavy atom. The highest BCUT2D eigenvalue weighted by molar-refractivity contribution is 6.17. The van der Waals surface area contributed by atoms with Gasteiger partial charge in [0.25, 0.3) is 0 Å². The molecule has 0 radical (unpaired) electrons. The molecule has 0 N–H and O–H groups in total. The van der Waals surface area contributed by atoms with E-state index in [0.717, 1.165) is 5.88 Å². The Hall–Kier alpha value is -0.490. The van der Waals surface area contributed by atoms with E-state index in [2.05, 4.69) is 19.1 Å². The van der Waals surface area contributed by atoms with Gasteiger partial charge in [-0.25, -0.2) is 0 Å². The monoisotopic (exact) mass is 156 g/mol. The molecule has 1 aromatic rings. The smallest absolute Gasteiger partial charge is 0.0195 e. The number of benzene rings is 1. The van der Waals surface area contributed by atoms with Crippen molar-refractivity contribution in [1.29, 1.82) is 0 Å². The van der Waals surface area contributed by atoms with Crippen molar-refractivity contribution in [3.8, 4) is 0 Å². The number of halogens is 1. The first-order valence-corrected chi connectivity index (χ1v) is 3.92. The predicted octanol–water partition coefficient (Wildman–Crippen LogP) is 3.24. The Morgan fingerprint density at radius 3 is 1.80 bits per heavy atom. The third-order valence-electron chi connectivity index (χ3n) is 0.940. The van der Waals surface area contributed by atoms with E-state index in [4.69, 9.17) is 11.6 Å². The van der Waals surface area contributed by atoms with Crippen molar-refractivity contribution in [2.24, 2.45) is 0 Å². The molecule has 1 rings (SSSR count). The topological polar surface area (TPSA) is 0 Å². The molecule has 0 saturated heterocycles. The molecular formula is C9H13Cl. The maximum atomic E-state index is 5.00. The molecule has 10 heavy (non-hydrogen) atoms. The summed E-state index contributed by atoms with van der Waals surface area (Å²) >= 11 is 5.00. The molecule has 0 fully saturated rings. The van der Waals surface area contributed by atoms with E-state index in [1.54, 1.807) is 0 Å². The molecule has 0 saturated carbocycles. The quantitative estimate of drug-likeness (QED) is 0.506. The first-order chi connectivity index (χ1) is 4.81. The molecule has 56 valence electrons. The van der Waals surface area contributed by atoms with Gasteiger partial charge in [-0.1, -0.05) is 42.8 Å². The fourth-order valence-electron chi connectivity index (χ4n) is 0.534. The lowest BCUT2D eigenvalue weighted by Gasteiger charge is -1.82. The molecule has 1 aromatic carbocycles. The van der Waals surface area contributed by atoms with E-state index in [-0.39, 0.29) is 0 Å². The number of rotatable bonds is 0. The number of alkyl halides is 1. The van der Waals surface area contributed by atoms with Crippen LogP contribution in [0, 0.1) is 6.92 Å². The molecule has 0 heterocycles. The van der Waals surface area contributed by atoms with E-state index in [1.165, 1.54) is 5.56 Å². The maximum Gasteiger partial charge on any atom is 0.0195 e. The van der Waals surface area contributed by atoms with Crippen LogP contribution in [0.25, 0.3) is 0 Å². The van der Waals surface area contributed by atoms with Crippen LogP contribution in [0.2, 0.25) is 0 Å². The summed E-state index contributed by atoms with van der Waals surface area (Å²) in [6.07, 6.45) is 0. The summed E-state index contributed by atoms with van der Waals surface area (Å²) in [5, 5.41) is 0. The summed E-state index contributed by atoms with van der Waals surface area (Å²) in [4.78, 5) is 0. The van der Waals surface area contributed by atoms with Crippen LogP contribution in [0.15, 0.2) is 30.3 Å². The number of aryl methyl sites for hydroxylation is 1. The summed E-state index contributed by atoms with van der Waals surface area (Å²) in [6, 6.07) is 10.3. The Bertz CT molecular complexity index is 146. The second-order valence-corrected chi connectivity index (χ2v) is 2.46. The highest BCUT2D eigenvalue weighted by Crippen LogP contribution is 1.92. The third kappa shape index (κ3) is 5.64. The summed E-state index contributed by atoms with van der Waals surface area (Å²) in [6.45, 7) is 3.97. The van der Waals surface area contributed by atoms with E-state index in [1.807, 2.05) is 25.1 Å². The molecule has 0 atom stereocenters. The van der Waals surface area contributed by atoms with Gasteiger partial charge in [0, 0.05) is 5.88 Å². The van der Waals surface area contributed by atoms with Crippen molar-refractivity contribution in [3.63, 3.8) is 0 Å². The van der Waals surface area contributed by atoms with Gasteiger partial charge in [-0.05, 0) is 6.92 Å². The minimum Gasteiger partial charge on any atom is -0.127 e. The van der Waals surface area contributed by atoms with Gasteiger partial charge in [0.05, 0.1) is 0 Å². The second-order valence-electron chi connectivity index (χ2n) is 1.92. The molecule has 0 aliphatic heterocycles. The van der Waals surface area contributed by atoms with E-state index in [0.29, 0.717) is 0 Å². The lowest BCUT2D eigenvalue weighted by Crippen LogP contribution is -1.62. The Balaban J connectivity index is 0.000000236. The van der Waals surface area contributed by atoms with Crippen LogP contribution in [-0.2, 0) is 0 Å².